The molecule has 0 aliphatic heterocycles. The van der Waals surface area contributed by atoms with Crippen LogP contribution in [0.1, 0.15) is 33.6 Å². The maximum absolute atomic E-state index is 12.5. The van der Waals surface area contributed by atoms with Crippen LogP contribution in [0.2, 0.25) is 0 Å². The first-order valence-electron chi connectivity index (χ1n) is 9.86. The zero-order valence-electron chi connectivity index (χ0n) is 17.7. The normalized spacial score (nSPS) is 10.6. The van der Waals surface area contributed by atoms with Crippen molar-refractivity contribution in [3.63, 3.8) is 0 Å². The van der Waals surface area contributed by atoms with Crippen LogP contribution < -0.4 is 10.1 Å². The molecule has 0 atom stereocenters. The molecule has 162 valence electrons. The van der Waals surface area contributed by atoms with Crippen LogP contribution >= 0.6 is 27.3 Å². The summed E-state index contributed by atoms with van der Waals surface area (Å²) in [6, 6.07) is 15.5. The maximum Gasteiger partial charge on any atom is 0.341 e. The average molecular weight is 502 g/mol. The fourth-order valence-corrected chi connectivity index (χ4v) is 4.90. The molecule has 2 aromatic carbocycles. The lowest BCUT2D eigenvalue weighted by Crippen LogP contribution is -2.15. The molecule has 0 spiro atoms. The molecule has 31 heavy (non-hydrogen) atoms. The first kappa shape index (κ1) is 23.0. The lowest BCUT2D eigenvalue weighted by atomic mass is 10.0. The van der Waals surface area contributed by atoms with Crippen molar-refractivity contribution in [3.05, 3.63) is 69.0 Å². The summed E-state index contributed by atoms with van der Waals surface area (Å²) >= 11 is 4.86. The summed E-state index contributed by atoms with van der Waals surface area (Å²) in [6.07, 6.45) is 0.831. The Morgan fingerprint density at radius 3 is 2.52 bits per heavy atom. The van der Waals surface area contributed by atoms with E-state index in [1.54, 1.807) is 0 Å². The highest BCUT2D eigenvalue weighted by atomic mass is 79.9. The van der Waals surface area contributed by atoms with E-state index in [-0.39, 0.29) is 12.3 Å². The number of rotatable bonds is 8. The number of halogens is 1. The summed E-state index contributed by atoms with van der Waals surface area (Å²) in [5, 5.41) is 3.40. The number of carbonyl (C=O) groups excluding carboxylic acids is 2. The van der Waals surface area contributed by atoms with Crippen molar-refractivity contribution in [2.45, 2.75) is 26.7 Å². The Hall–Kier alpha value is -2.64. The lowest BCUT2D eigenvalue weighted by Gasteiger charge is -2.10. The SMILES string of the molecule is COC(=O)c1c(NC(=O)CCCOc2ccc(C)cc2Br)sc(C)c1-c1ccccc1. The topological polar surface area (TPSA) is 64.6 Å². The van der Waals surface area contributed by atoms with Gasteiger partial charge < -0.3 is 14.8 Å². The first-order valence-corrected chi connectivity index (χ1v) is 11.5. The van der Waals surface area contributed by atoms with Crippen LogP contribution in [-0.4, -0.2) is 25.6 Å². The molecule has 1 aromatic heterocycles. The maximum atomic E-state index is 12.5. The molecule has 0 saturated carbocycles. The molecular weight excluding hydrogens is 478 g/mol. The van der Waals surface area contributed by atoms with Gasteiger partial charge in [0.05, 0.1) is 18.2 Å². The third kappa shape index (κ3) is 5.74. The van der Waals surface area contributed by atoms with Gasteiger partial charge in [0, 0.05) is 16.9 Å². The molecule has 0 aliphatic carbocycles. The van der Waals surface area contributed by atoms with Crippen molar-refractivity contribution in [3.8, 4) is 16.9 Å². The van der Waals surface area contributed by atoms with E-state index >= 15 is 0 Å². The van der Waals surface area contributed by atoms with Crippen molar-refractivity contribution in [2.24, 2.45) is 0 Å². The summed E-state index contributed by atoms with van der Waals surface area (Å²) in [5.41, 5.74) is 3.24. The van der Waals surface area contributed by atoms with Gasteiger partial charge in [0.25, 0.3) is 0 Å². The monoisotopic (exact) mass is 501 g/mol. The lowest BCUT2D eigenvalue weighted by molar-refractivity contribution is -0.116. The molecule has 0 saturated heterocycles. The fourth-order valence-electron chi connectivity index (χ4n) is 3.21. The Bertz CT molecular complexity index is 1080. The number of benzene rings is 2. The van der Waals surface area contributed by atoms with Gasteiger partial charge in [-0.2, -0.15) is 0 Å². The fraction of sp³-hybridized carbons (Fsp3) is 0.250. The van der Waals surface area contributed by atoms with Crippen molar-refractivity contribution >= 4 is 44.1 Å². The number of anilines is 1. The van der Waals surface area contributed by atoms with Gasteiger partial charge in [0.1, 0.15) is 16.3 Å². The number of hydrogen-bond donors (Lipinski definition) is 1. The Balaban J connectivity index is 1.66. The van der Waals surface area contributed by atoms with Crippen LogP contribution in [0.25, 0.3) is 11.1 Å². The highest BCUT2D eigenvalue weighted by molar-refractivity contribution is 9.10. The minimum Gasteiger partial charge on any atom is -0.492 e. The molecule has 7 heteroatoms. The highest BCUT2D eigenvalue weighted by Crippen LogP contribution is 2.40. The molecule has 0 radical (unpaired) electrons. The predicted molar refractivity (Wildman–Crippen MR) is 128 cm³/mol. The van der Waals surface area contributed by atoms with Gasteiger partial charge in [-0.3, -0.25) is 4.79 Å². The van der Waals surface area contributed by atoms with Crippen LogP contribution in [0.4, 0.5) is 5.00 Å². The molecule has 0 fully saturated rings. The largest absolute Gasteiger partial charge is 0.492 e. The zero-order valence-corrected chi connectivity index (χ0v) is 20.1. The number of carbonyl (C=O) groups is 2. The molecule has 3 rings (SSSR count). The number of hydrogen-bond acceptors (Lipinski definition) is 5. The summed E-state index contributed by atoms with van der Waals surface area (Å²) in [5.74, 6) is 0.115. The number of esters is 1. The van der Waals surface area contributed by atoms with Gasteiger partial charge in [-0.05, 0) is 59.5 Å². The number of ether oxygens (including phenoxy) is 2. The average Bonchev–Trinajstić information content (AvgIpc) is 3.07. The van der Waals surface area contributed by atoms with E-state index in [2.05, 4.69) is 21.2 Å². The quantitative estimate of drug-likeness (QED) is 0.287. The third-order valence-electron chi connectivity index (χ3n) is 4.68. The van der Waals surface area contributed by atoms with Crippen LogP contribution in [-0.2, 0) is 9.53 Å². The van der Waals surface area contributed by atoms with Gasteiger partial charge in [-0.15, -0.1) is 11.3 Å². The zero-order chi connectivity index (χ0) is 22.4. The molecule has 0 unspecified atom stereocenters. The van der Waals surface area contributed by atoms with E-state index in [0.717, 1.165) is 31.8 Å². The Morgan fingerprint density at radius 1 is 1.10 bits per heavy atom. The summed E-state index contributed by atoms with van der Waals surface area (Å²) in [4.78, 5) is 26.0. The van der Waals surface area contributed by atoms with Crippen molar-refractivity contribution < 1.29 is 19.1 Å². The molecule has 5 nitrogen and oxygen atoms in total. The number of nitrogens with one attached hydrogen (secondary N) is 1. The van der Waals surface area contributed by atoms with Crippen LogP contribution in [0, 0.1) is 13.8 Å². The third-order valence-corrected chi connectivity index (χ3v) is 6.32. The Morgan fingerprint density at radius 2 is 1.84 bits per heavy atom. The summed E-state index contributed by atoms with van der Waals surface area (Å²) < 4.78 is 11.6. The molecule has 0 bridgehead atoms. The molecule has 1 amide bonds. The minimum absolute atomic E-state index is 0.169. The number of aryl methyl sites for hydroxylation is 2. The summed E-state index contributed by atoms with van der Waals surface area (Å²) in [6.45, 7) is 4.36. The van der Waals surface area contributed by atoms with E-state index in [4.69, 9.17) is 9.47 Å². The van der Waals surface area contributed by atoms with E-state index in [1.807, 2.05) is 62.4 Å². The van der Waals surface area contributed by atoms with E-state index in [0.29, 0.717) is 23.6 Å². The van der Waals surface area contributed by atoms with E-state index in [9.17, 15) is 9.59 Å². The highest BCUT2D eigenvalue weighted by Gasteiger charge is 2.24. The molecule has 0 aliphatic rings. The van der Waals surface area contributed by atoms with Gasteiger partial charge >= 0.3 is 5.97 Å². The number of thiophene rings is 1. The minimum atomic E-state index is -0.467. The van der Waals surface area contributed by atoms with Crippen LogP contribution in [0.15, 0.2) is 53.0 Å². The second-order valence-electron chi connectivity index (χ2n) is 7.03. The Labute approximate surface area is 194 Å². The molecule has 1 N–H and O–H groups in total. The summed E-state index contributed by atoms with van der Waals surface area (Å²) in [7, 11) is 1.34. The van der Waals surface area contributed by atoms with Crippen molar-refractivity contribution in [1.82, 2.24) is 0 Å². The second-order valence-corrected chi connectivity index (χ2v) is 9.11. The van der Waals surface area contributed by atoms with Gasteiger partial charge in [0.15, 0.2) is 0 Å². The number of methoxy groups -OCH3 is 1. The van der Waals surface area contributed by atoms with Gasteiger partial charge in [-0.25, -0.2) is 4.79 Å². The van der Waals surface area contributed by atoms with Gasteiger partial charge in [-0.1, -0.05) is 36.4 Å². The van der Waals surface area contributed by atoms with Crippen LogP contribution in [0.3, 0.4) is 0 Å². The number of amides is 1. The molecule has 1 heterocycles. The second kappa shape index (κ2) is 10.6. The first-order chi connectivity index (χ1) is 14.9. The standard InChI is InChI=1S/C24H24BrNO4S/c1-15-11-12-19(18(25)14-15)30-13-7-10-20(27)26-23-22(24(28)29-3)21(16(2)31-23)17-8-5-4-6-9-17/h4-6,8-9,11-12,14H,7,10,13H2,1-3H3,(H,26,27). The Kier molecular flexibility index (Phi) is 7.87. The molecular formula is C24H24BrNO4S. The predicted octanol–water partition coefficient (Wildman–Crippen LogP) is 6.38. The van der Waals surface area contributed by atoms with Crippen molar-refractivity contribution in [2.75, 3.05) is 19.0 Å². The van der Waals surface area contributed by atoms with Crippen molar-refractivity contribution in [1.29, 1.82) is 0 Å². The van der Waals surface area contributed by atoms with E-state index in [1.165, 1.54) is 18.4 Å². The smallest absolute Gasteiger partial charge is 0.341 e. The molecule has 3 aromatic rings. The van der Waals surface area contributed by atoms with E-state index < -0.39 is 5.97 Å². The van der Waals surface area contributed by atoms with Gasteiger partial charge in [0.2, 0.25) is 5.91 Å². The van der Waals surface area contributed by atoms with Crippen LogP contribution in [0.5, 0.6) is 5.75 Å².